The van der Waals surface area contributed by atoms with Crippen molar-refractivity contribution in [1.82, 2.24) is 4.57 Å². The summed E-state index contributed by atoms with van der Waals surface area (Å²) in [6.07, 6.45) is 4.70. The molecule has 0 aliphatic carbocycles. The van der Waals surface area contributed by atoms with Gasteiger partial charge in [0.2, 0.25) is 0 Å². The maximum atomic E-state index is 13.9. The van der Waals surface area contributed by atoms with Crippen molar-refractivity contribution in [3.05, 3.63) is 84.5 Å². The Morgan fingerprint density at radius 2 is 1.82 bits per heavy atom. The molecule has 212 valence electrons. The highest BCUT2D eigenvalue weighted by atomic mass is 32.1. The van der Waals surface area contributed by atoms with E-state index in [0.29, 0.717) is 44.5 Å². The van der Waals surface area contributed by atoms with E-state index in [2.05, 4.69) is 11.9 Å². The molecule has 0 radical (unpaired) electrons. The number of allylic oxidation sites excluding steroid dienone is 1. The van der Waals surface area contributed by atoms with Crippen LogP contribution in [0.1, 0.15) is 64.1 Å². The predicted molar refractivity (Wildman–Crippen MR) is 156 cm³/mol. The van der Waals surface area contributed by atoms with E-state index in [0.717, 1.165) is 30.4 Å². The second-order valence-corrected chi connectivity index (χ2v) is 10.8. The van der Waals surface area contributed by atoms with Crippen LogP contribution < -0.4 is 29.1 Å². The smallest absolute Gasteiger partial charge is 0.338 e. The molecule has 2 aromatic carbocycles. The lowest BCUT2D eigenvalue weighted by Crippen LogP contribution is -2.40. The van der Waals surface area contributed by atoms with E-state index in [9.17, 15) is 9.59 Å². The van der Waals surface area contributed by atoms with E-state index in [4.69, 9.17) is 18.9 Å². The van der Waals surface area contributed by atoms with Crippen LogP contribution in [-0.4, -0.2) is 37.5 Å². The second kappa shape index (κ2) is 13.0. The molecule has 9 heteroatoms. The molecule has 0 amide bonds. The molecule has 1 aromatic heterocycles. The summed E-state index contributed by atoms with van der Waals surface area (Å²) in [6, 6.07) is 12.2. The van der Waals surface area contributed by atoms with Crippen LogP contribution in [0.2, 0.25) is 0 Å². The first-order valence-electron chi connectivity index (χ1n) is 13.5. The molecule has 0 bridgehead atoms. The maximum Gasteiger partial charge on any atom is 0.338 e. The minimum Gasteiger partial charge on any atom is -0.497 e. The van der Waals surface area contributed by atoms with Crippen molar-refractivity contribution in [2.45, 2.75) is 59.1 Å². The average Bonchev–Trinajstić information content (AvgIpc) is 3.24. The summed E-state index contributed by atoms with van der Waals surface area (Å²) in [6.45, 7) is 8.13. The fraction of sp³-hybridized carbons (Fsp3) is 0.387. The molecule has 40 heavy (non-hydrogen) atoms. The SMILES string of the molecule is CCCCCOc1ccc(C=c2sc3n(c2=O)C(c2ccc(OC)cc2)C(C(=O)OC(C)C)=C(C)N=3)cc1OC. The molecule has 1 atom stereocenters. The van der Waals surface area contributed by atoms with Gasteiger partial charge >= 0.3 is 5.97 Å². The lowest BCUT2D eigenvalue weighted by Gasteiger charge is -2.25. The number of thiazole rings is 1. The number of carbonyl (C=O) groups is 1. The fourth-order valence-corrected chi connectivity index (χ4v) is 5.59. The zero-order chi connectivity index (χ0) is 28.8. The molecule has 1 aliphatic heterocycles. The summed E-state index contributed by atoms with van der Waals surface area (Å²) in [5, 5.41) is 0. The molecule has 8 nitrogen and oxygen atoms in total. The van der Waals surface area contributed by atoms with Crippen LogP contribution in [0.4, 0.5) is 0 Å². The van der Waals surface area contributed by atoms with E-state index < -0.39 is 12.0 Å². The molecule has 0 spiro atoms. The van der Waals surface area contributed by atoms with E-state index in [1.54, 1.807) is 39.6 Å². The van der Waals surface area contributed by atoms with Crippen LogP contribution in [0.3, 0.4) is 0 Å². The van der Waals surface area contributed by atoms with Gasteiger partial charge in [-0.3, -0.25) is 9.36 Å². The van der Waals surface area contributed by atoms with Gasteiger partial charge in [0.1, 0.15) is 5.75 Å². The van der Waals surface area contributed by atoms with Gasteiger partial charge in [0.25, 0.3) is 5.56 Å². The molecule has 0 saturated heterocycles. The van der Waals surface area contributed by atoms with Gasteiger partial charge in [-0.15, -0.1) is 0 Å². The largest absolute Gasteiger partial charge is 0.497 e. The van der Waals surface area contributed by atoms with E-state index >= 15 is 0 Å². The van der Waals surface area contributed by atoms with E-state index in [1.165, 1.54) is 11.3 Å². The molecule has 1 aliphatic rings. The van der Waals surface area contributed by atoms with Crippen LogP contribution in [0.15, 0.2) is 63.5 Å². The number of hydrogen-bond donors (Lipinski definition) is 0. The molecule has 1 unspecified atom stereocenters. The Morgan fingerprint density at radius 1 is 1.07 bits per heavy atom. The van der Waals surface area contributed by atoms with Crippen molar-refractivity contribution < 1.29 is 23.7 Å². The summed E-state index contributed by atoms with van der Waals surface area (Å²) in [4.78, 5) is 32.3. The summed E-state index contributed by atoms with van der Waals surface area (Å²) in [5.74, 6) is 1.45. The van der Waals surface area contributed by atoms with E-state index in [1.807, 2.05) is 48.5 Å². The summed E-state index contributed by atoms with van der Waals surface area (Å²) >= 11 is 1.28. The highest BCUT2D eigenvalue weighted by Gasteiger charge is 2.33. The van der Waals surface area contributed by atoms with Crippen LogP contribution >= 0.6 is 11.3 Å². The lowest BCUT2D eigenvalue weighted by molar-refractivity contribution is -0.143. The third kappa shape index (κ3) is 6.31. The van der Waals surface area contributed by atoms with Crippen LogP contribution in [0.5, 0.6) is 17.2 Å². The zero-order valence-corrected chi connectivity index (χ0v) is 24.7. The number of nitrogens with zero attached hydrogens (tertiary/aromatic N) is 2. The third-order valence-corrected chi connectivity index (χ3v) is 7.49. The minimum absolute atomic E-state index is 0.245. The van der Waals surface area contributed by atoms with Gasteiger partial charge in [-0.2, -0.15) is 0 Å². The second-order valence-electron chi connectivity index (χ2n) is 9.77. The molecular formula is C31H36N2O6S. The maximum absolute atomic E-state index is 13.9. The molecule has 0 N–H and O–H groups in total. The highest BCUT2D eigenvalue weighted by Crippen LogP contribution is 2.32. The van der Waals surface area contributed by atoms with Crippen molar-refractivity contribution in [3.63, 3.8) is 0 Å². The van der Waals surface area contributed by atoms with E-state index in [-0.39, 0.29) is 11.7 Å². The average molecular weight is 565 g/mol. The van der Waals surface area contributed by atoms with Crippen molar-refractivity contribution in [1.29, 1.82) is 0 Å². The minimum atomic E-state index is -0.691. The Kier molecular flexibility index (Phi) is 9.47. The summed E-state index contributed by atoms with van der Waals surface area (Å²) in [5.41, 5.74) is 2.16. The first kappa shape index (κ1) is 29.1. The Hall–Kier alpha value is -3.85. The molecule has 0 fully saturated rings. The molecule has 0 saturated carbocycles. The highest BCUT2D eigenvalue weighted by molar-refractivity contribution is 7.07. The number of benzene rings is 2. The van der Waals surface area contributed by atoms with Gasteiger partial charge in [-0.05, 0) is 68.7 Å². The Balaban J connectivity index is 1.79. The van der Waals surface area contributed by atoms with Crippen molar-refractivity contribution >= 4 is 23.4 Å². The summed E-state index contributed by atoms with van der Waals surface area (Å²) < 4.78 is 24.4. The molecule has 2 heterocycles. The topological polar surface area (TPSA) is 88.4 Å². The first-order valence-corrected chi connectivity index (χ1v) is 14.3. The number of methoxy groups -OCH3 is 2. The van der Waals surface area contributed by atoms with Crippen LogP contribution in [0.25, 0.3) is 6.08 Å². The normalized spacial score (nSPS) is 15.1. The summed E-state index contributed by atoms with van der Waals surface area (Å²) in [7, 11) is 3.19. The van der Waals surface area contributed by atoms with Crippen molar-refractivity contribution in [2.75, 3.05) is 20.8 Å². The molecule has 4 rings (SSSR count). The van der Waals surface area contributed by atoms with Gasteiger partial charge in [-0.25, -0.2) is 9.79 Å². The number of unbranched alkanes of at least 4 members (excludes halogenated alkanes) is 2. The number of fused-ring (bicyclic) bond motifs is 1. The Morgan fingerprint density at radius 3 is 2.48 bits per heavy atom. The lowest BCUT2D eigenvalue weighted by atomic mass is 9.96. The number of esters is 1. The number of hydrogen-bond acceptors (Lipinski definition) is 8. The molecule has 3 aromatic rings. The van der Waals surface area contributed by atoms with Crippen LogP contribution in [0, 0.1) is 0 Å². The number of aromatic nitrogens is 1. The monoisotopic (exact) mass is 564 g/mol. The predicted octanol–water partition coefficient (Wildman–Crippen LogP) is 4.77. The van der Waals surface area contributed by atoms with Crippen molar-refractivity contribution in [3.8, 4) is 17.2 Å². The standard InChI is InChI=1S/C31H36N2O6S/c1-7-8-9-16-38-24-15-10-21(17-25(24)37-6)18-26-29(34)33-28(22-11-13-23(36-5)14-12-22)27(30(35)39-19(2)3)20(4)32-31(33)40-26/h10-15,17-19,28H,7-9,16H2,1-6H3. The van der Waals surface area contributed by atoms with Gasteiger partial charge in [-0.1, -0.05) is 49.3 Å². The van der Waals surface area contributed by atoms with Gasteiger partial charge in [0, 0.05) is 0 Å². The van der Waals surface area contributed by atoms with Gasteiger partial charge in [0.15, 0.2) is 16.3 Å². The fourth-order valence-electron chi connectivity index (χ4n) is 4.54. The van der Waals surface area contributed by atoms with Gasteiger partial charge in [0.05, 0.1) is 48.8 Å². The Bertz CT molecular complexity index is 1570. The third-order valence-electron chi connectivity index (χ3n) is 6.51. The number of ether oxygens (including phenoxy) is 4. The van der Waals surface area contributed by atoms with Crippen molar-refractivity contribution in [2.24, 2.45) is 4.99 Å². The number of carbonyl (C=O) groups excluding carboxylic acids is 1. The Labute approximate surface area is 238 Å². The first-order chi connectivity index (χ1) is 19.3. The molecular weight excluding hydrogens is 528 g/mol. The zero-order valence-electron chi connectivity index (χ0n) is 23.9. The van der Waals surface area contributed by atoms with Crippen LogP contribution in [-0.2, 0) is 9.53 Å². The van der Waals surface area contributed by atoms with Gasteiger partial charge < -0.3 is 18.9 Å². The quantitative estimate of drug-likeness (QED) is 0.246. The number of rotatable bonds is 11.